The summed E-state index contributed by atoms with van der Waals surface area (Å²) in [5, 5.41) is 11.8. The Labute approximate surface area is 233 Å². The number of anilines is 2. The summed E-state index contributed by atoms with van der Waals surface area (Å²) in [6.07, 6.45) is -0.294. The molecule has 0 radical (unpaired) electrons. The molecule has 3 aromatic carbocycles. The second-order valence-corrected chi connectivity index (χ2v) is 9.09. The van der Waals surface area contributed by atoms with E-state index in [1.54, 1.807) is 74.6 Å². The number of carboxylic acids is 1. The molecule has 9 heteroatoms. The number of nitrogens with zero attached hydrogens (tertiary/aromatic N) is 2. The van der Waals surface area contributed by atoms with Crippen molar-refractivity contribution < 1.29 is 29.1 Å². The molecule has 0 spiro atoms. The first kappa shape index (κ1) is 29.8. The molecule has 4 rings (SSSR count). The van der Waals surface area contributed by atoms with Crippen molar-refractivity contribution in [2.24, 2.45) is 0 Å². The molecule has 3 aromatic rings. The third kappa shape index (κ3) is 6.79. The van der Waals surface area contributed by atoms with Gasteiger partial charge in [-0.15, -0.1) is 0 Å². The zero-order valence-electron chi connectivity index (χ0n) is 23.0. The van der Waals surface area contributed by atoms with Crippen molar-refractivity contribution in [1.82, 2.24) is 4.90 Å². The van der Waals surface area contributed by atoms with Crippen LogP contribution >= 0.6 is 0 Å². The first-order chi connectivity index (χ1) is 19.2. The molecule has 40 heavy (non-hydrogen) atoms. The number of aliphatic carboxylic acids is 1. The normalized spacial score (nSPS) is 13.4. The number of carboxylic acid groups (broad SMARTS) is 1. The lowest BCUT2D eigenvalue weighted by molar-refractivity contribution is -0.137. The highest BCUT2D eigenvalue weighted by Gasteiger charge is 2.30. The summed E-state index contributed by atoms with van der Waals surface area (Å²) in [5.74, 6) is -3.01. The zero-order chi connectivity index (χ0) is 29.4. The van der Waals surface area contributed by atoms with Crippen molar-refractivity contribution in [3.8, 4) is 0 Å². The van der Waals surface area contributed by atoms with E-state index in [2.05, 4.69) is 5.32 Å². The highest BCUT2D eigenvalue weighted by atomic mass is 16.4. The van der Waals surface area contributed by atoms with E-state index in [0.717, 1.165) is 0 Å². The first-order valence-electron chi connectivity index (χ1n) is 13.1. The molecule has 0 saturated heterocycles. The predicted molar refractivity (Wildman–Crippen MR) is 153 cm³/mol. The van der Waals surface area contributed by atoms with Crippen LogP contribution in [0, 0.1) is 0 Å². The van der Waals surface area contributed by atoms with Crippen molar-refractivity contribution >= 4 is 40.8 Å². The molecule has 1 aliphatic rings. The van der Waals surface area contributed by atoms with Crippen molar-refractivity contribution in [3.05, 3.63) is 95.1 Å². The lowest BCUT2D eigenvalue weighted by atomic mass is 9.95. The number of hydrogen-bond acceptors (Lipinski definition) is 5. The topological polar surface area (TPSA) is 124 Å². The molecule has 208 valence electrons. The number of ketones is 1. The van der Waals surface area contributed by atoms with Crippen LogP contribution in [0.5, 0.6) is 0 Å². The number of fused-ring (bicyclic) bond motifs is 1. The van der Waals surface area contributed by atoms with Gasteiger partial charge in [-0.25, -0.2) is 0 Å². The highest BCUT2D eigenvalue weighted by molar-refractivity contribution is 6.11. The zero-order valence-corrected chi connectivity index (χ0v) is 23.0. The van der Waals surface area contributed by atoms with E-state index in [1.165, 1.54) is 15.9 Å². The van der Waals surface area contributed by atoms with Crippen molar-refractivity contribution in [2.45, 2.75) is 33.1 Å². The second kappa shape index (κ2) is 13.3. The lowest BCUT2D eigenvalue weighted by Crippen LogP contribution is -2.38. The number of amides is 3. The summed E-state index contributed by atoms with van der Waals surface area (Å²) in [4.78, 5) is 65.2. The van der Waals surface area contributed by atoms with Gasteiger partial charge in [0.05, 0.1) is 23.6 Å². The molecule has 0 aromatic heterocycles. The maximum Gasteiger partial charge on any atom is 0.305 e. The Balaban J connectivity index is 0.00000216. The van der Waals surface area contributed by atoms with Gasteiger partial charge in [-0.05, 0) is 36.8 Å². The third-order valence-electron chi connectivity index (χ3n) is 6.52. The average Bonchev–Trinajstić information content (AvgIpc) is 3.06. The minimum absolute atomic E-state index is 0.112. The lowest BCUT2D eigenvalue weighted by Gasteiger charge is -2.19. The second-order valence-electron chi connectivity index (χ2n) is 9.09. The standard InChI is InChI=1S/C29H27N3O6.C2H6/c1-18(20-9-6-10-21(15-20)27(36)19-7-4-3-5-8-19)28(37)30-22-11-12-24-23(16-22)29(38)32(14-13-26(34)35)17-25(33)31(24)2;1-2/h3-12,15-16,18H,13-14,17H2,1-2H3,(H,30,37)(H,34,35);1-2H3. The minimum atomic E-state index is -1.08. The molecule has 0 aliphatic carbocycles. The Morgan fingerprint density at radius 3 is 2.27 bits per heavy atom. The summed E-state index contributed by atoms with van der Waals surface area (Å²) >= 11 is 0. The highest BCUT2D eigenvalue weighted by Crippen LogP contribution is 2.29. The van der Waals surface area contributed by atoms with Crippen LogP contribution in [0.3, 0.4) is 0 Å². The van der Waals surface area contributed by atoms with Crippen LogP contribution in [-0.4, -0.2) is 59.6 Å². The van der Waals surface area contributed by atoms with E-state index in [-0.39, 0.29) is 42.7 Å². The van der Waals surface area contributed by atoms with E-state index in [9.17, 15) is 24.0 Å². The minimum Gasteiger partial charge on any atom is -0.481 e. The molecular weight excluding hydrogens is 510 g/mol. The third-order valence-corrected chi connectivity index (χ3v) is 6.52. The molecule has 1 atom stereocenters. The van der Waals surface area contributed by atoms with Crippen LogP contribution in [0.1, 0.15) is 65.0 Å². The van der Waals surface area contributed by atoms with Gasteiger partial charge in [-0.3, -0.25) is 24.0 Å². The summed E-state index contributed by atoms with van der Waals surface area (Å²) in [6, 6.07) is 20.4. The SMILES string of the molecule is CC.CC(C(=O)Nc1ccc2c(c1)C(=O)N(CCC(=O)O)CC(=O)N2C)c1cccc(C(=O)c2ccccc2)c1. The smallest absolute Gasteiger partial charge is 0.305 e. The average molecular weight is 544 g/mol. The molecule has 0 bridgehead atoms. The Morgan fingerprint density at radius 2 is 1.60 bits per heavy atom. The molecule has 9 nitrogen and oxygen atoms in total. The first-order valence-corrected chi connectivity index (χ1v) is 13.1. The Bertz CT molecular complexity index is 1420. The van der Waals surface area contributed by atoms with Gasteiger partial charge < -0.3 is 20.2 Å². The molecular formula is C31H33N3O6. The van der Waals surface area contributed by atoms with Gasteiger partial charge in [0.25, 0.3) is 5.91 Å². The molecule has 2 N–H and O–H groups in total. The fourth-order valence-corrected chi connectivity index (χ4v) is 4.24. The monoisotopic (exact) mass is 543 g/mol. The van der Waals surface area contributed by atoms with Crippen molar-refractivity contribution in [2.75, 3.05) is 30.4 Å². The van der Waals surface area contributed by atoms with Gasteiger partial charge in [-0.1, -0.05) is 62.4 Å². The van der Waals surface area contributed by atoms with Crippen LogP contribution in [0.15, 0.2) is 72.8 Å². The number of carbonyl (C=O) groups is 5. The van der Waals surface area contributed by atoms with Crippen LogP contribution in [0.4, 0.5) is 11.4 Å². The van der Waals surface area contributed by atoms with Gasteiger partial charge in [0.2, 0.25) is 11.8 Å². The quantitative estimate of drug-likeness (QED) is 0.401. The number of carbonyl (C=O) groups excluding carboxylic acids is 4. The van der Waals surface area contributed by atoms with Crippen LogP contribution in [0.2, 0.25) is 0 Å². The van der Waals surface area contributed by atoms with Gasteiger partial charge in [0.1, 0.15) is 6.54 Å². The van der Waals surface area contributed by atoms with Crippen molar-refractivity contribution in [1.29, 1.82) is 0 Å². The molecule has 1 aliphatic heterocycles. The maximum absolute atomic E-state index is 13.2. The Morgan fingerprint density at radius 1 is 0.925 bits per heavy atom. The fraction of sp³-hybridized carbons (Fsp3) is 0.258. The van der Waals surface area contributed by atoms with Gasteiger partial charge in [0.15, 0.2) is 5.78 Å². The fourth-order valence-electron chi connectivity index (χ4n) is 4.24. The Kier molecular flexibility index (Phi) is 9.92. The summed E-state index contributed by atoms with van der Waals surface area (Å²) in [7, 11) is 1.54. The van der Waals surface area contributed by atoms with Crippen LogP contribution < -0.4 is 10.2 Å². The van der Waals surface area contributed by atoms with E-state index in [1.807, 2.05) is 19.9 Å². The van der Waals surface area contributed by atoms with Crippen molar-refractivity contribution in [3.63, 3.8) is 0 Å². The number of rotatable bonds is 8. The molecule has 0 fully saturated rings. The van der Waals surface area contributed by atoms with E-state index < -0.39 is 17.8 Å². The van der Waals surface area contributed by atoms with E-state index >= 15 is 0 Å². The molecule has 3 amide bonds. The summed E-state index contributed by atoms with van der Waals surface area (Å²) in [6.45, 7) is 5.36. The van der Waals surface area contributed by atoms with Crippen LogP contribution in [0.25, 0.3) is 0 Å². The number of nitrogens with one attached hydrogen (secondary N) is 1. The molecule has 0 saturated carbocycles. The Hall–Kier alpha value is -4.79. The summed E-state index contributed by atoms with van der Waals surface area (Å²) in [5.41, 5.74) is 2.59. The number of likely N-dealkylation sites (N-methyl/N-ethyl adjacent to an activating group) is 1. The van der Waals surface area contributed by atoms with Gasteiger partial charge in [0, 0.05) is 30.4 Å². The largest absolute Gasteiger partial charge is 0.481 e. The number of hydrogen-bond donors (Lipinski definition) is 2. The van der Waals surface area contributed by atoms with Crippen LogP contribution in [-0.2, 0) is 14.4 Å². The van der Waals surface area contributed by atoms with E-state index in [0.29, 0.717) is 28.1 Å². The van der Waals surface area contributed by atoms with Gasteiger partial charge >= 0.3 is 5.97 Å². The van der Waals surface area contributed by atoms with E-state index in [4.69, 9.17) is 5.11 Å². The maximum atomic E-state index is 13.2. The predicted octanol–water partition coefficient (Wildman–Crippen LogP) is 4.58. The summed E-state index contributed by atoms with van der Waals surface area (Å²) < 4.78 is 0. The molecule has 1 unspecified atom stereocenters. The number of benzene rings is 3. The molecule has 1 heterocycles. The van der Waals surface area contributed by atoms with Gasteiger partial charge in [-0.2, -0.15) is 0 Å².